The summed E-state index contributed by atoms with van der Waals surface area (Å²) >= 11 is 1.95. The maximum Gasteiger partial charge on any atom is 0.129 e. The Labute approximate surface area is 130 Å². The van der Waals surface area contributed by atoms with Gasteiger partial charge in [-0.1, -0.05) is 70.8 Å². The Kier molecular flexibility index (Phi) is 7.74. The van der Waals surface area contributed by atoms with Gasteiger partial charge in [-0.15, -0.1) is 11.8 Å². The minimum Gasteiger partial charge on any atom is -0.507 e. The summed E-state index contributed by atoms with van der Waals surface area (Å²) in [5.41, 5.74) is 0. The van der Waals surface area contributed by atoms with Crippen molar-refractivity contribution in [3.8, 4) is 5.75 Å². The number of thioether (sulfide) groups is 1. The van der Waals surface area contributed by atoms with Crippen LogP contribution in [0.25, 0.3) is 0 Å². The van der Waals surface area contributed by atoms with E-state index >= 15 is 0 Å². The van der Waals surface area contributed by atoms with Crippen LogP contribution in [0.4, 0.5) is 0 Å². The second kappa shape index (κ2) is 8.78. The molecule has 0 aliphatic rings. The molecule has 114 valence electrons. The summed E-state index contributed by atoms with van der Waals surface area (Å²) in [5.74, 6) is 0.449. The molecule has 1 nitrogen and oxygen atoms in total. The molecule has 3 heteroatoms. The molecule has 0 saturated carbocycles. The molecule has 0 aliphatic heterocycles. The van der Waals surface area contributed by atoms with Gasteiger partial charge in [-0.2, -0.15) is 0 Å². The largest absolute Gasteiger partial charge is 0.507 e. The molecule has 1 atom stereocenters. The Bertz CT molecular complexity index is 382. The topological polar surface area (TPSA) is 20.2 Å². The lowest BCUT2D eigenvalue weighted by atomic mass is 10.3. The summed E-state index contributed by atoms with van der Waals surface area (Å²) in [7, 11) is -1.24. The minimum atomic E-state index is -1.24. The number of phenols is 1. The van der Waals surface area contributed by atoms with Crippen LogP contribution in [-0.2, 0) is 0 Å². The number of rotatable bonds is 9. The first-order valence-corrected chi connectivity index (χ1v) is 11.7. The highest BCUT2D eigenvalue weighted by Gasteiger charge is 2.36. The third kappa shape index (κ3) is 4.29. The Balaban J connectivity index is 2.96. The van der Waals surface area contributed by atoms with Crippen molar-refractivity contribution in [3.05, 3.63) is 24.3 Å². The highest BCUT2D eigenvalue weighted by Crippen LogP contribution is 2.41. The van der Waals surface area contributed by atoms with Crippen molar-refractivity contribution in [1.29, 1.82) is 0 Å². The molecule has 0 saturated heterocycles. The molecule has 0 fully saturated rings. The highest BCUT2D eigenvalue weighted by atomic mass is 32.2. The third-order valence-corrected chi connectivity index (χ3v) is 13.6. The lowest BCUT2D eigenvalue weighted by molar-refractivity contribution is 0.462. The van der Waals surface area contributed by atoms with Crippen LogP contribution < -0.4 is 0 Å². The molecule has 20 heavy (non-hydrogen) atoms. The first kappa shape index (κ1) is 17.6. The van der Waals surface area contributed by atoms with E-state index in [0.29, 0.717) is 5.75 Å². The van der Waals surface area contributed by atoms with E-state index in [4.69, 9.17) is 0 Å². The maximum absolute atomic E-state index is 10.1. The van der Waals surface area contributed by atoms with Gasteiger partial charge < -0.3 is 5.11 Å². The summed E-state index contributed by atoms with van der Waals surface area (Å²) < 4.78 is 0. The first-order valence-electron chi connectivity index (χ1n) is 8.08. The second-order valence-electron chi connectivity index (χ2n) is 5.64. The average Bonchev–Trinajstić information content (AvgIpc) is 2.48. The lowest BCUT2D eigenvalue weighted by Gasteiger charge is -2.37. The van der Waals surface area contributed by atoms with Gasteiger partial charge in [0.05, 0.1) is 8.07 Å². The molecule has 0 heterocycles. The van der Waals surface area contributed by atoms with Gasteiger partial charge in [-0.05, 0) is 18.6 Å². The number of hydrogen-bond donors (Lipinski definition) is 1. The van der Waals surface area contributed by atoms with Crippen molar-refractivity contribution in [2.24, 2.45) is 0 Å². The van der Waals surface area contributed by atoms with Crippen LogP contribution >= 0.6 is 11.8 Å². The van der Waals surface area contributed by atoms with E-state index in [-0.39, 0.29) is 0 Å². The predicted molar refractivity (Wildman–Crippen MR) is 94.5 cm³/mol. The van der Waals surface area contributed by atoms with Crippen LogP contribution in [0.3, 0.4) is 0 Å². The molecular formula is C17H30OSSi. The Hall–Kier alpha value is -0.413. The van der Waals surface area contributed by atoms with E-state index < -0.39 is 8.07 Å². The molecule has 0 radical (unpaired) electrons. The molecule has 0 spiro atoms. The van der Waals surface area contributed by atoms with Gasteiger partial charge in [-0.25, -0.2) is 0 Å². The Morgan fingerprint density at radius 3 is 2.15 bits per heavy atom. The predicted octanol–water partition coefficient (Wildman–Crippen LogP) is 6.09. The number of para-hydroxylation sites is 1. The van der Waals surface area contributed by atoms with Gasteiger partial charge in [0.2, 0.25) is 0 Å². The first-order chi connectivity index (χ1) is 9.63. The van der Waals surface area contributed by atoms with Crippen LogP contribution in [0, 0.1) is 0 Å². The maximum atomic E-state index is 10.1. The van der Waals surface area contributed by atoms with Gasteiger partial charge >= 0.3 is 0 Å². The van der Waals surface area contributed by atoms with Crippen LogP contribution in [0.2, 0.25) is 18.1 Å². The lowest BCUT2D eigenvalue weighted by Crippen LogP contribution is -2.43. The fraction of sp³-hybridized carbons (Fsp3) is 0.647. The number of unbranched alkanes of at least 4 members (excludes halogenated alkanes) is 1. The van der Waals surface area contributed by atoms with Crippen LogP contribution in [-0.4, -0.2) is 18.1 Å². The fourth-order valence-corrected chi connectivity index (χ4v) is 10.5. The zero-order valence-electron chi connectivity index (χ0n) is 13.5. The standard InChI is InChI=1S/C17H30OSSi/c1-5-9-14-17(20(6-2,7-3)8-4)19-16-13-11-10-12-15(16)18/h10-13,17-18H,5-9,14H2,1-4H3. The fourth-order valence-electron chi connectivity index (χ4n) is 3.02. The van der Waals surface area contributed by atoms with Crippen molar-refractivity contribution in [3.63, 3.8) is 0 Å². The number of phenolic OH excluding ortho intramolecular Hbond substituents is 1. The number of hydrogen-bond acceptors (Lipinski definition) is 2. The molecule has 1 rings (SSSR count). The number of aromatic hydroxyl groups is 1. The molecule has 1 aromatic carbocycles. The zero-order chi connectivity index (χ0) is 15.0. The van der Waals surface area contributed by atoms with Gasteiger partial charge in [0.15, 0.2) is 0 Å². The van der Waals surface area contributed by atoms with Crippen molar-refractivity contribution in [2.45, 2.75) is 74.9 Å². The zero-order valence-corrected chi connectivity index (χ0v) is 15.3. The van der Waals surface area contributed by atoms with E-state index in [1.54, 1.807) is 0 Å². The summed E-state index contributed by atoms with van der Waals surface area (Å²) in [5, 5.41) is 10.1. The van der Waals surface area contributed by atoms with Gasteiger partial charge in [0.25, 0.3) is 0 Å². The van der Waals surface area contributed by atoms with Crippen molar-refractivity contribution >= 4 is 19.8 Å². The quantitative estimate of drug-likeness (QED) is 0.440. The second-order valence-corrected chi connectivity index (χ2v) is 12.8. The van der Waals surface area contributed by atoms with E-state index in [1.165, 1.54) is 37.4 Å². The van der Waals surface area contributed by atoms with E-state index in [2.05, 4.69) is 33.8 Å². The summed E-state index contributed by atoms with van der Waals surface area (Å²) in [4.78, 5) is 1.80. The van der Waals surface area contributed by atoms with E-state index in [0.717, 1.165) is 9.77 Å². The van der Waals surface area contributed by atoms with Crippen LogP contribution in [0.1, 0.15) is 47.0 Å². The molecule has 1 N–H and O–H groups in total. The van der Waals surface area contributed by atoms with E-state index in [9.17, 15) is 5.11 Å². The smallest absolute Gasteiger partial charge is 0.129 e. The monoisotopic (exact) mass is 310 g/mol. The Morgan fingerprint density at radius 1 is 1.05 bits per heavy atom. The van der Waals surface area contributed by atoms with Crippen molar-refractivity contribution in [2.75, 3.05) is 0 Å². The SMILES string of the molecule is CCCCC(Sc1ccccc1O)[Si](CC)(CC)CC. The molecule has 0 amide bonds. The summed E-state index contributed by atoms with van der Waals surface area (Å²) in [6, 6.07) is 11.9. The van der Waals surface area contributed by atoms with Crippen LogP contribution in [0.15, 0.2) is 29.2 Å². The minimum absolute atomic E-state index is 0.449. The summed E-state index contributed by atoms with van der Waals surface area (Å²) in [6.07, 6.45) is 3.87. The van der Waals surface area contributed by atoms with Crippen molar-refractivity contribution in [1.82, 2.24) is 0 Å². The third-order valence-electron chi connectivity index (χ3n) is 4.75. The normalized spacial score (nSPS) is 13.4. The van der Waals surface area contributed by atoms with Gasteiger partial charge in [0.1, 0.15) is 5.75 Å². The van der Waals surface area contributed by atoms with E-state index in [1.807, 2.05) is 30.0 Å². The molecule has 0 aliphatic carbocycles. The van der Waals surface area contributed by atoms with Gasteiger partial charge in [-0.3, -0.25) is 0 Å². The Morgan fingerprint density at radius 2 is 1.65 bits per heavy atom. The summed E-state index contributed by atoms with van der Waals surface area (Å²) in [6.45, 7) is 9.41. The molecule has 1 aromatic rings. The molecular weight excluding hydrogens is 280 g/mol. The molecule has 0 bridgehead atoms. The average molecular weight is 311 g/mol. The highest BCUT2D eigenvalue weighted by molar-refractivity contribution is 8.01. The van der Waals surface area contributed by atoms with Crippen LogP contribution in [0.5, 0.6) is 5.75 Å². The molecule has 0 aromatic heterocycles. The van der Waals surface area contributed by atoms with Crippen molar-refractivity contribution < 1.29 is 5.11 Å². The number of benzene rings is 1. The molecule has 1 unspecified atom stereocenters. The van der Waals surface area contributed by atoms with Gasteiger partial charge in [0, 0.05) is 9.77 Å².